The number of thiophene rings is 1. The van der Waals surface area contributed by atoms with Crippen molar-refractivity contribution in [2.24, 2.45) is 12.1 Å². The zero-order chi connectivity index (χ0) is 21.4. The van der Waals surface area contributed by atoms with E-state index in [0.717, 1.165) is 10.6 Å². The summed E-state index contributed by atoms with van der Waals surface area (Å²) < 4.78 is 6.98. The third-order valence-electron chi connectivity index (χ3n) is 5.11. The minimum Gasteiger partial charge on any atom is -0.463 e. The summed E-state index contributed by atoms with van der Waals surface area (Å²) in [4.78, 5) is 31.4. The van der Waals surface area contributed by atoms with Crippen molar-refractivity contribution in [3.05, 3.63) is 81.2 Å². The fourth-order valence-electron chi connectivity index (χ4n) is 3.55. The highest BCUT2D eigenvalue weighted by atomic mass is 32.2. The van der Waals surface area contributed by atoms with Gasteiger partial charge in [-0.1, -0.05) is 30.0 Å². The van der Waals surface area contributed by atoms with Crippen molar-refractivity contribution in [2.75, 3.05) is 5.75 Å². The van der Waals surface area contributed by atoms with Crippen LogP contribution >= 0.6 is 23.1 Å². The van der Waals surface area contributed by atoms with Crippen LogP contribution in [0.1, 0.15) is 23.1 Å². The quantitative estimate of drug-likeness (QED) is 0.338. The van der Waals surface area contributed by atoms with E-state index < -0.39 is 0 Å². The van der Waals surface area contributed by atoms with Crippen LogP contribution in [0.4, 0.5) is 0 Å². The zero-order valence-electron chi connectivity index (χ0n) is 16.6. The number of amides is 1. The van der Waals surface area contributed by atoms with Crippen molar-refractivity contribution in [2.45, 2.75) is 17.6 Å². The van der Waals surface area contributed by atoms with Crippen LogP contribution in [0.2, 0.25) is 0 Å². The van der Waals surface area contributed by atoms with Crippen LogP contribution in [0.25, 0.3) is 10.9 Å². The molecule has 0 aliphatic carbocycles. The lowest BCUT2D eigenvalue weighted by molar-refractivity contribution is -0.130. The van der Waals surface area contributed by atoms with Gasteiger partial charge in [-0.05, 0) is 35.7 Å². The molecule has 156 valence electrons. The molecule has 4 aromatic rings. The first kappa shape index (κ1) is 19.8. The Hall–Kier alpha value is -3.17. The maximum atomic E-state index is 13.2. The minimum absolute atomic E-state index is 0.120. The van der Waals surface area contributed by atoms with E-state index in [2.05, 4.69) is 10.1 Å². The van der Waals surface area contributed by atoms with E-state index in [-0.39, 0.29) is 23.3 Å². The molecule has 1 amide bonds. The lowest BCUT2D eigenvalue weighted by Gasteiger charge is -2.20. The lowest BCUT2D eigenvalue weighted by Crippen LogP contribution is -2.28. The predicted molar refractivity (Wildman–Crippen MR) is 121 cm³/mol. The average molecular weight is 451 g/mol. The number of hydrogen-bond acceptors (Lipinski definition) is 7. The molecule has 1 atom stereocenters. The minimum atomic E-state index is -0.165. The number of rotatable bonds is 5. The Morgan fingerprint density at radius 1 is 1.23 bits per heavy atom. The maximum Gasteiger partial charge on any atom is 0.261 e. The number of nitrogens with zero attached hydrogens (tertiary/aromatic N) is 4. The van der Waals surface area contributed by atoms with Crippen LogP contribution in [0.5, 0.6) is 0 Å². The SMILES string of the molecule is Cn1c(SCC(=O)N2N=C(c3ccco3)C[C@@H]2c2cccs2)nc2ccccc2c1=O. The summed E-state index contributed by atoms with van der Waals surface area (Å²) in [7, 11) is 1.67. The molecular weight excluding hydrogens is 432 g/mol. The Kier molecular flexibility index (Phi) is 5.21. The van der Waals surface area contributed by atoms with Gasteiger partial charge in [0, 0.05) is 18.3 Å². The smallest absolute Gasteiger partial charge is 0.261 e. The van der Waals surface area contributed by atoms with Gasteiger partial charge in [-0.2, -0.15) is 5.10 Å². The monoisotopic (exact) mass is 450 g/mol. The second-order valence-corrected chi connectivity index (χ2v) is 8.98. The van der Waals surface area contributed by atoms with Gasteiger partial charge in [-0.3, -0.25) is 14.2 Å². The second kappa shape index (κ2) is 8.16. The van der Waals surface area contributed by atoms with Crippen LogP contribution in [0, 0.1) is 0 Å². The molecule has 0 radical (unpaired) electrons. The maximum absolute atomic E-state index is 13.2. The van der Waals surface area contributed by atoms with Crippen molar-refractivity contribution in [1.29, 1.82) is 0 Å². The zero-order valence-corrected chi connectivity index (χ0v) is 18.2. The molecule has 31 heavy (non-hydrogen) atoms. The summed E-state index contributed by atoms with van der Waals surface area (Å²) in [6.07, 6.45) is 2.20. The predicted octanol–water partition coefficient (Wildman–Crippen LogP) is 4.06. The molecule has 0 spiro atoms. The average Bonchev–Trinajstić information content (AvgIpc) is 3.55. The van der Waals surface area contributed by atoms with Gasteiger partial charge in [0.05, 0.1) is 29.0 Å². The molecule has 7 nitrogen and oxygen atoms in total. The number of benzene rings is 1. The first-order chi connectivity index (χ1) is 15.1. The molecule has 0 bridgehead atoms. The Bertz CT molecular complexity index is 1330. The first-order valence-corrected chi connectivity index (χ1v) is 11.5. The normalized spacial score (nSPS) is 16.1. The van der Waals surface area contributed by atoms with Crippen molar-refractivity contribution < 1.29 is 9.21 Å². The van der Waals surface area contributed by atoms with E-state index in [1.165, 1.54) is 21.3 Å². The van der Waals surface area contributed by atoms with Gasteiger partial charge in [0.25, 0.3) is 11.5 Å². The highest BCUT2D eigenvalue weighted by molar-refractivity contribution is 7.99. The van der Waals surface area contributed by atoms with E-state index >= 15 is 0 Å². The summed E-state index contributed by atoms with van der Waals surface area (Å²) in [5, 5.41) is 9.17. The van der Waals surface area contributed by atoms with Crippen LogP contribution in [0.3, 0.4) is 0 Å². The van der Waals surface area contributed by atoms with Crippen LogP contribution in [-0.2, 0) is 11.8 Å². The number of carbonyl (C=O) groups is 1. The summed E-state index contributed by atoms with van der Waals surface area (Å²) >= 11 is 2.84. The highest BCUT2D eigenvalue weighted by Crippen LogP contribution is 2.35. The third-order valence-corrected chi connectivity index (χ3v) is 7.10. The lowest BCUT2D eigenvalue weighted by atomic mass is 10.1. The number of hydrogen-bond donors (Lipinski definition) is 0. The Morgan fingerprint density at radius 2 is 2.10 bits per heavy atom. The Balaban J connectivity index is 1.40. The number of thioether (sulfide) groups is 1. The molecule has 9 heteroatoms. The van der Waals surface area contributed by atoms with Gasteiger partial charge in [-0.25, -0.2) is 9.99 Å². The molecule has 5 rings (SSSR count). The summed E-state index contributed by atoms with van der Waals surface area (Å²) in [6, 6.07) is 14.7. The Morgan fingerprint density at radius 3 is 2.87 bits per heavy atom. The number of hydrazone groups is 1. The van der Waals surface area contributed by atoms with Crippen molar-refractivity contribution in [3.63, 3.8) is 0 Å². The van der Waals surface area contributed by atoms with Gasteiger partial charge in [0.1, 0.15) is 11.5 Å². The molecule has 0 unspecified atom stereocenters. The van der Waals surface area contributed by atoms with E-state index in [0.29, 0.717) is 28.2 Å². The van der Waals surface area contributed by atoms with Crippen molar-refractivity contribution in [1.82, 2.24) is 14.6 Å². The fraction of sp³-hybridized carbons (Fsp3) is 0.182. The molecule has 0 saturated heterocycles. The number of para-hydroxylation sites is 1. The van der Waals surface area contributed by atoms with Crippen LogP contribution in [-0.4, -0.2) is 31.9 Å². The Labute approximate surface area is 186 Å². The largest absolute Gasteiger partial charge is 0.463 e. The van der Waals surface area contributed by atoms with Crippen molar-refractivity contribution >= 4 is 45.6 Å². The highest BCUT2D eigenvalue weighted by Gasteiger charge is 2.34. The van der Waals surface area contributed by atoms with Gasteiger partial charge in [-0.15, -0.1) is 11.3 Å². The van der Waals surface area contributed by atoms with E-state index in [1.807, 2.05) is 41.8 Å². The topological polar surface area (TPSA) is 80.7 Å². The molecule has 0 saturated carbocycles. The summed E-state index contributed by atoms with van der Waals surface area (Å²) in [5.74, 6) is 0.644. The number of furan rings is 1. The molecule has 4 heterocycles. The number of aromatic nitrogens is 2. The molecule has 3 aromatic heterocycles. The van der Waals surface area contributed by atoms with E-state index in [1.54, 1.807) is 36.8 Å². The third kappa shape index (κ3) is 3.70. The standard InChI is InChI=1S/C22H18N4O3S2/c1-25-21(28)14-6-2-3-7-15(14)23-22(25)31-13-20(27)26-17(19-9-5-11-30-19)12-16(24-26)18-8-4-10-29-18/h2-11,17H,12-13H2,1H3/t17-/m1/s1. The molecule has 1 aliphatic heterocycles. The fourth-order valence-corrected chi connectivity index (χ4v) is 5.19. The molecule has 1 aliphatic rings. The summed E-state index contributed by atoms with van der Waals surface area (Å²) in [6.45, 7) is 0. The number of fused-ring (bicyclic) bond motifs is 1. The van der Waals surface area contributed by atoms with Crippen LogP contribution < -0.4 is 5.56 Å². The van der Waals surface area contributed by atoms with Crippen LogP contribution in [0.15, 0.2) is 79.6 Å². The first-order valence-electron chi connectivity index (χ1n) is 9.67. The van der Waals surface area contributed by atoms with E-state index in [9.17, 15) is 9.59 Å². The van der Waals surface area contributed by atoms with E-state index in [4.69, 9.17) is 4.42 Å². The van der Waals surface area contributed by atoms with Gasteiger partial charge < -0.3 is 4.42 Å². The number of carbonyl (C=O) groups excluding carboxylic acids is 1. The van der Waals surface area contributed by atoms with Gasteiger partial charge in [0.15, 0.2) is 5.16 Å². The molecule has 1 aromatic carbocycles. The van der Waals surface area contributed by atoms with Crippen molar-refractivity contribution in [3.8, 4) is 0 Å². The molecular formula is C22H18N4O3S2. The second-order valence-electron chi connectivity index (χ2n) is 7.06. The molecule has 0 fully saturated rings. The summed E-state index contributed by atoms with van der Waals surface area (Å²) in [5.41, 5.74) is 1.24. The molecule has 0 N–H and O–H groups in total. The van der Waals surface area contributed by atoms with Gasteiger partial charge in [0.2, 0.25) is 0 Å². The van der Waals surface area contributed by atoms with Gasteiger partial charge >= 0.3 is 0 Å².